The van der Waals surface area contributed by atoms with Crippen molar-refractivity contribution in [3.8, 4) is 0 Å². The van der Waals surface area contributed by atoms with Gasteiger partial charge in [0.05, 0.1) is 6.61 Å². The first kappa shape index (κ1) is 12.3. The first-order chi connectivity index (χ1) is 6.07. The van der Waals surface area contributed by atoms with Crippen LogP contribution in [0.25, 0.3) is 0 Å². The van der Waals surface area contributed by atoms with E-state index in [1.807, 2.05) is 27.7 Å². The van der Waals surface area contributed by atoms with E-state index in [0.717, 1.165) is 12.8 Å². The van der Waals surface area contributed by atoms with E-state index in [1.54, 1.807) is 0 Å². The average molecular weight is 188 g/mol. The van der Waals surface area contributed by atoms with E-state index in [0.29, 0.717) is 12.5 Å². The fourth-order valence-electron chi connectivity index (χ4n) is 0.622. The minimum Gasteiger partial charge on any atom is -0.434 e. The van der Waals surface area contributed by atoms with Crippen LogP contribution in [0.2, 0.25) is 0 Å². The van der Waals surface area contributed by atoms with Crippen LogP contribution in [0.15, 0.2) is 0 Å². The largest absolute Gasteiger partial charge is 0.508 e. The van der Waals surface area contributed by atoms with Gasteiger partial charge in [0.15, 0.2) is 0 Å². The molecule has 0 fully saturated rings. The lowest BCUT2D eigenvalue weighted by Crippen LogP contribution is -2.21. The molecule has 0 radical (unpaired) electrons. The zero-order valence-corrected chi connectivity index (χ0v) is 9.00. The van der Waals surface area contributed by atoms with Gasteiger partial charge in [0.1, 0.15) is 6.10 Å². The van der Waals surface area contributed by atoms with Crippen molar-refractivity contribution in [2.24, 2.45) is 5.92 Å². The molecule has 0 amide bonds. The van der Waals surface area contributed by atoms with Crippen molar-refractivity contribution in [2.45, 2.75) is 46.6 Å². The zero-order valence-electron chi connectivity index (χ0n) is 9.00. The number of hydrogen-bond donors (Lipinski definition) is 0. The zero-order chi connectivity index (χ0) is 10.3. The maximum atomic E-state index is 11.0. The van der Waals surface area contributed by atoms with Crippen molar-refractivity contribution in [3.05, 3.63) is 0 Å². The highest BCUT2D eigenvalue weighted by Crippen LogP contribution is 2.06. The Bertz CT molecular complexity index is 143. The van der Waals surface area contributed by atoms with Crippen LogP contribution < -0.4 is 0 Å². The molecule has 0 aromatic heterocycles. The van der Waals surface area contributed by atoms with Crippen molar-refractivity contribution in [2.75, 3.05) is 6.61 Å². The highest BCUT2D eigenvalue weighted by molar-refractivity contribution is 5.60. The molecule has 0 N–H and O–H groups in total. The number of carbonyl (C=O) groups excluding carboxylic acids is 1. The first-order valence-electron chi connectivity index (χ1n) is 4.91. The summed E-state index contributed by atoms with van der Waals surface area (Å²) in [5, 5.41) is 0. The summed E-state index contributed by atoms with van der Waals surface area (Å²) in [6.07, 6.45) is 1.29. The summed E-state index contributed by atoms with van der Waals surface area (Å²) >= 11 is 0. The Balaban J connectivity index is 3.50. The molecule has 0 saturated heterocycles. The topological polar surface area (TPSA) is 35.5 Å². The molecule has 78 valence electrons. The maximum Gasteiger partial charge on any atom is 0.508 e. The Morgan fingerprint density at radius 2 is 1.92 bits per heavy atom. The molecule has 0 aliphatic heterocycles. The van der Waals surface area contributed by atoms with Crippen LogP contribution in [0, 0.1) is 5.92 Å². The normalized spacial score (nSPS) is 12.7. The number of unbranched alkanes of at least 4 members (excludes halogenated alkanes) is 1. The Kier molecular flexibility index (Phi) is 6.37. The molecule has 0 spiro atoms. The van der Waals surface area contributed by atoms with E-state index in [1.165, 1.54) is 0 Å². The van der Waals surface area contributed by atoms with Crippen LogP contribution in [0.4, 0.5) is 4.79 Å². The molecule has 0 aliphatic rings. The molecule has 3 nitrogen and oxygen atoms in total. The van der Waals surface area contributed by atoms with Gasteiger partial charge in [0.25, 0.3) is 0 Å². The van der Waals surface area contributed by atoms with Crippen LogP contribution in [0.3, 0.4) is 0 Å². The molecule has 1 atom stereocenters. The monoisotopic (exact) mass is 188 g/mol. The Labute approximate surface area is 80.4 Å². The van der Waals surface area contributed by atoms with Crippen LogP contribution in [0.1, 0.15) is 40.5 Å². The third-order valence-electron chi connectivity index (χ3n) is 1.94. The molecule has 0 aromatic rings. The summed E-state index contributed by atoms with van der Waals surface area (Å²) in [4.78, 5) is 11.0. The second kappa shape index (κ2) is 6.75. The van der Waals surface area contributed by atoms with E-state index >= 15 is 0 Å². The number of hydrogen-bond acceptors (Lipinski definition) is 3. The molecule has 1 unspecified atom stereocenters. The molecule has 0 aromatic carbocycles. The first-order valence-corrected chi connectivity index (χ1v) is 4.91. The molecule has 0 rings (SSSR count). The van der Waals surface area contributed by atoms with Crippen molar-refractivity contribution >= 4 is 6.16 Å². The van der Waals surface area contributed by atoms with Gasteiger partial charge in [-0.25, -0.2) is 4.79 Å². The average Bonchev–Trinajstić information content (AvgIpc) is 2.04. The van der Waals surface area contributed by atoms with Gasteiger partial charge < -0.3 is 9.47 Å². The molecular weight excluding hydrogens is 168 g/mol. The molecule has 13 heavy (non-hydrogen) atoms. The van der Waals surface area contributed by atoms with Gasteiger partial charge in [-0.3, -0.25) is 0 Å². The minimum absolute atomic E-state index is 0.0749. The summed E-state index contributed by atoms with van der Waals surface area (Å²) in [5.41, 5.74) is 0. The van der Waals surface area contributed by atoms with Crippen molar-refractivity contribution in [1.82, 2.24) is 0 Å². The summed E-state index contributed by atoms with van der Waals surface area (Å²) in [6, 6.07) is 0. The standard InChI is InChI=1S/C10H20O3/c1-5-6-7-12-10(11)13-9(4)8(2)3/h8-9H,5-7H2,1-4H3. The Morgan fingerprint density at radius 1 is 1.31 bits per heavy atom. The molecule has 0 aliphatic carbocycles. The smallest absolute Gasteiger partial charge is 0.434 e. The molecular formula is C10H20O3. The number of ether oxygens (including phenoxy) is 2. The minimum atomic E-state index is -0.547. The van der Waals surface area contributed by atoms with E-state index < -0.39 is 6.16 Å². The van der Waals surface area contributed by atoms with Crippen LogP contribution >= 0.6 is 0 Å². The van der Waals surface area contributed by atoms with Gasteiger partial charge in [-0.15, -0.1) is 0 Å². The van der Waals surface area contributed by atoms with Crippen LogP contribution in [-0.2, 0) is 9.47 Å². The third-order valence-corrected chi connectivity index (χ3v) is 1.94. The molecule has 3 heteroatoms. The van der Waals surface area contributed by atoms with E-state index in [4.69, 9.17) is 9.47 Å². The summed E-state index contributed by atoms with van der Waals surface area (Å²) in [7, 11) is 0. The number of carbonyl (C=O) groups is 1. The third kappa shape index (κ3) is 6.43. The van der Waals surface area contributed by atoms with Crippen molar-refractivity contribution < 1.29 is 14.3 Å². The molecule has 0 heterocycles. The van der Waals surface area contributed by atoms with Gasteiger partial charge >= 0.3 is 6.16 Å². The SMILES string of the molecule is CCCCOC(=O)OC(C)C(C)C. The quantitative estimate of drug-likeness (QED) is 0.491. The lowest BCUT2D eigenvalue weighted by Gasteiger charge is -2.15. The van der Waals surface area contributed by atoms with E-state index in [-0.39, 0.29) is 6.10 Å². The summed E-state index contributed by atoms with van der Waals surface area (Å²) in [6.45, 7) is 8.38. The van der Waals surface area contributed by atoms with Gasteiger partial charge in [-0.2, -0.15) is 0 Å². The molecule has 0 bridgehead atoms. The second-order valence-electron chi connectivity index (χ2n) is 3.52. The summed E-state index contributed by atoms with van der Waals surface area (Å²) < 4.78 is 9.84. The lowest BCUT2D eigenvalue weighted by molar-refractivity contribution is 0.0142. The molecule has 0 saturated carbocycles. The maximum absolute atomic E-state index is 11.0. The van der Waals surface area contributed by atoms with Crippen LogP contribution in [-0.4, -0.2) is 18.9 Å². The van der Waals surface area contributed by atoms with Gasteiger partial charge in [0, 0.05) is 0 Å². The predicted molar refractivity (Wildman–Crippen MR) is 51.6 cm³/mol. The van der Waals surface area contributed by atoms with Gasteiger partial charge in [-0.1, -0.05) is 27.2 Å². The highest BCUT2D eigenvalue weighted by atomic mass is 16.7. The highest BCUT2D eigenvalue weighted by Gasteiger charge is 2.13. The van der Waals surface area contributed by atoms with E-state index in [9.17, 15) is 4.79 Å². The fraction of sp³-hybridized carbons (Fsp3) is 0.900. The van der Waals surface area contributed by atoms with Gasteiger partial charge in [0.2, 0.25) is 0 Å². The predicted octanol–water partition coefficient (Wildman–Crippen LogP) is 2.98. The van der Waals surface area contributed by atoms with Crippen LogP contribution in [0.5, 0.6) is 0 Å². The lowest BCUT2D eigenvalue weighted by atomic mass is 10.1. The van der Waals surface area contributed by atoms with Crippen molar-refractivity contribution in [3.63, 3.8) is 0 Å². The van der Waals surface area contributed by atoms with Gasteiger partial charge in [-0.05, 0) is 19.3 Å². The Morgan fingerprint density at radius 3 is 2.38 bits per heavy atom. The Hall–Kier alpha value is -0.730. The van der Waals surface area contributed by atoms with E-state index in [2.05, 4.69) is 0 Å². The summed E-state index contributed by atoms with van der Waals surface area (Å²) in [5.74, 6) is 0.332. The fourth-order valence-corrected chi connectivity index (χ4v) is 0.622. The second-order valence-corrected chi connectivity index (χ2v) is 3.52. The van der Waals surface area contributed by atoms with Crippen molar-refractivity contribution in [1.29, 1.82) is 0 Å². The number of rotatable bonds is 5.